The van der Waals surface area contributed by atoms with Gasteiger partial charge in [-0.3, -0.25) is 9.59 Å². The van der Waals surface area contributed by atoms with Crippen LogP contribution in [0.1, 0.15) is 34.6 Å². The van der Waals surface area contributed by atoms with E-state index in [1.54, 1.807) is 0 Å². The molecule has 0 saturated heterocycles. The second-order valence-electron chi connectivity index (χ2n) is 4.72. The number of hydrogen-bond acceptors (Lipinski definition) is 7. The van der Waals surface area contributed by atoms with Gasteiger partial charge in [0.25, 0.3) is 0 Å². The first-order chi connectivity index (χ1) is 9.45. The number of amides is 1. The summed E-state index contributed by atoms with van der Waals surface area (Å²) in [6, 6.07) is -1.28. The molecule has 0 fully saturated rings. The van der Waals surface area contributed by atoms with Crippen molar-refractivity contribution in [1.82, 2.24) is 5.32 Å². The first kappa shape index (κ1) is 19.2. The fourth-order valence-corrected chi connectivity index (χ4v) is 2.32. The van der Waals surface area contributed by atoms with E-state index in [-0.39, 0.29) is 0 Å². The van der Waals surface area contributed by atoms with Gasteiger partial charge in [0.05, 0.1) is 4.75 Å². The molecule has 21 heavy (non-hydrogen) atoms. The van der Waals surface area contributed by atoms with Crippen LogP contribution in [-0.2, 0) is 23.9 Å². The van der Waals surface area contributed by atoms with E-state index in [1.807, 2.05) is 0 Å². The van der Waals surface area contributed by atoms with Gasteiger partial charge in [0, 0.05) is 20.8 Å². The maximum absolute atomic E-state index is 11.7. The first-order valence-electron chi connectivity index (χ1n) is 6.02. The topological polar surface area (TPSA) is 119 Å². The van der Waals surface area contributed by atoms with Crippen LogP contribution in [0.3, 0.4) is 0 Å². The summed E-state index contributed by atoms with van der Waals surface area (Å²) in [7, 11) is 0. The molecule has 0 radical (unpaired) electrons. The Morgan fingerprint density at radius 1 is 1.14 bits per heavy atom. The van der Waals surface area contributed by atoms with Crippen LogP contribution >= 0.6 is 11.8 Å². The summed E-state index contributed by atoms with van der Waals surface area (Å²) in [5, 5.41) is 10.6. The number of hydrogen-bond donors (Lipinski definition) is 2. The lowest BCUT2D eigenvalue weighted by Gasteiger charge is -2.30. The number of carbonyl (C=O) groups excluding carboxylic acids is 3. The number of carboxylic acid groups (broad SMARTS) is 1. The Bertz CT molecular complexity index is 435. The van der Waals surface area contributed by atoms with Crippen molar-refractivity contribution in [2.24, 2.45) is 0 Å². The molecule has 0 heterocycles. The number of esters is 1. The maximum Gasteiger partial charge on any atom is 0.370 e. The third-order valence-corrected chi connectivity index (χ3v) is 3.25. The van der Waals surface area contributed by atoms with Crippen molar-refractivity contribution in [3.63, 3.8) is 0 Å². The van der Waals surface area contributed by atoms with Gasteiger partial charge in [-0.2, -0.15) is 0 Å². The van der Waals surface area contributed by atoms with E-state index in [9.17, 15) is 19.2 Å². The fourth-order valence-electron chi connectivity index (χ4n) is 1.43. The zero-order valence-corrected chi connectivity index (χ0v) is 13.3. The number of nitrogens with one attached hydrogen (secondary N) is 1. The number of carboxylic acids is 1. The Balaban J connectivity index is 4.75. The number of aliphatic carboxylic acids is 1. The van der Waals surface area contributed by atoms with Crippen molar-refractivity contribution in [2.45, 2.75) is 51.7 Å². The molecular weight excluding hydrogens is 302 g/mol. The fraction of sp³-hybridized carbons (Fsp3) is 0.667. The average Bonchev–Trinajstić information content (AvgIpc) is 2.22. The van der Waals surface area contributed by atoms with Crippen LogP contribution in [0.25, 0.3) is 0 Å². The summed E-state index contributed by atoms with van der Waals surface area (Å²) >= 11 is 0.588. The van der Waals surface area contributed by atoms with Crippen LogP contribution in [0.4, 0.5) is 4.79 Å². The molecule has 0 unspecified atom stereocenters. The van der Waals surface area contributed by atoms with Crippen LogP contribution < -0.4 is 5.32 Å². The first-order valence-corrected chi connectivity index (χ1v) is 6.84. The minimum absolute atomic E-state index is 0.530. The molecule has 0 aromatic carbocycles. The van der Waals surface area contributed by atoms with E-state index < -0.39 is 40.2 Å². The highest BCUT2D eigenvalue weighted by Crippen LogP contribution is 2.30. The van der Waals surface area contributed by atoms with Gasteiger partial charge in [-0.05, 0) is 25.6 Å². The number of rotatable bonds is 6. The molecule has 2 atom stereocenters. The van der Waals surface area contributed by atoms with Gasteiger partial charge in [0.15, 0.2) is 0 Å². The second kappa shape index (κ2) is 7.87. The smallest absolute Gasteiger partial charge is 0.370 e. The molecule has 0 aromatic heterocycles. The Morgan fingerprint density at radius 3 is 2.05 bits per heavy atom. The summed E-state index contributed by atoms with van der Waals surface area (Å²) < 4.78 is 8.27. The van der Waals surface area contributed by atoms with Gasteiger partial charge in [0.2, 0.25) is 12.2 Å². The number of ether oxygens (including phenoxy) is 2. The van der Waals surface area contributed by atoms with E-state index in [2.05, 4.69) is 10.1 Å². The minimum Gasteiger partial charge on any atom is -0.480 e. The van der Waals surface area contributed by atoms with Gasteiger partial charge in [-0.15, -0.1) is 0 Å². The van der Waals surface area contributed by atoms with Crippen molar-refractivity contribution < 1.29 is 33.8 Å². The van der Waals surface area contributed by atoms with Crippen LogP contribution in [0, 0.1) is 0 Å². The van der Waals surface area contributed by atoms with Gasteiger partial charge in [-0.1, -0.05) is 0 Å². The van der Waals surface area contributed by atoms with E-state index in [0.29, 0.717) is 11.8 Å². The van der Waals surface area contributed by atoms with E-state index in [0.717, 1.165) is 0 Å². The van der Waals surface area contributed by atoms with Gasteiger partial charge < -0.3 is 19.9 Å². The number of carbonyl (C=O) groups is 4. The van der Waals surface area contributed by atoms with Crippen molar-refractivity contribution in [3.05, 3.63) is 0 Å². The predicted octanol–water partition coefficient (Wildman–Crippen LogP) is 1.13. The highest BCUT2D eigenvalue weighted by atomic mass is 32.2. The van der Waals surface area contributed by atoms with E-state index in [1.165, 1.54) is 34.6 Å². The summed E-state index contributed by atoms with van der Waals surface area (Å²) in [4.78, 5) is 44.6. The molecule has 0 aliphatic rings. The molecule has 0 rings (SSSR count). The zero-order valence-electron chi connectivity index (χ0n) is 12.5. The maximum atomic E-state index is 11.7. The minimum atomic E-state index is -1.28. The summed E-state index contributed by atoms with van der Waals surface area (Å²) in [5.41, 5.74) is 0. The van der Waals surface area contributed by atoms with Crippen LogP contribution in [0.15, 0.2) is 0 Å². The van der Waals surface area contributed by atoms with E-state index in [4.69, 9.17) is 9.84 Å². The average molecular weight is 321 g/mol. The third kappa shape index (κ3) is 7.54. The van der Waals surface area contributed by atoms with Crippen molar-refractivity contribution in [1.29, 1.82) is 0 Å². The molecular formula is C12H19NO7S. The lowest BCUT2D eigenvalue weighted by atomic mass is 10.0. The predicted molar refractivity (Wildman–Crippen MR) is 74.6 cm³/mol. The summed E-state index contributed by atoms with van der Waals surface area (Å²) in [6.45, 7) is 6.65. The summed E-state index contributed by atoms with van der Waals surface area (Å²) in [6.07, 6.45) is -1.08. The lowest BCUT2D eigenvalue weighted by molar-refractivity contribution is -0.160. The Kier molecular flexibility index (Phi) is 7.20. The van der Waals surface area contributed by atoms with Crippen LogP contribution in [-0.4, -0.2) is 45.3 Å². The lowest BCUT2D eigenvalue weighted by Crippen LogP contribution is -2.52. The number of thioether (sulfide) groups is 1. The normalized spacial score (nSPS) is 13.8. The standard InChI is InChI=1S/C12H19NO7S/c1-6(14)13-9(10(16)17)12(4,5)21-11(18)20-8(3)19-7(2)15/h8-9H,1-5H3,(H,13,14)(H,16,17)/t8-,9-/m0/s1. The van der Waals surface area contributed by atoms with Gasteiger partial charge in [0.1, 0.15) is 6.04 Å². The van der Waals surface area contributed by atoms with Crippen LogP contribution in [0.5, 0.6) is 0 Å². The highest BCUT2D eigenvalue weighted by Gasteiger charge is 2.39. The molecule has 0 saturated carbocycles. The SMILES string of the molecule is CC(=O)N[C@@H](C(=O)O)C(C)(C)SC(=O)O[C@@H](C)OC(C)=O. The molecule has 120 valence electrons. The van der Waals surface area contributed by atoms with E-state index >= 15 is 0 Å². The summed E-state index contributed by atoms with van der Waals surface area (Å²) in [5.74, 6) is -2.41. The molecule has 8 nitrogen and oxygen atoms in total. The highest BCUT2D eigenvalue weighted by molar-refractivity contribution is 8.14. The Morgan fingerprint density at radius 2 is 1.67 bits per heavy atom. The molecule has 9 heteroatoms. The Hall–Kier alpha value is -1.77. The molecule has 2 N–H and O–H groups in total. The Labute approximate surface area is 126 Å². The molecule has 0 bridgehead atoms. The molecule has 0 aromatic rings. The van der Waals surface area contributed by atoms with Crippen LogP contribution in [0.2, 0.25) is 0 Å². The zero-order chi connectivity index (χ0) is 16.8. The van der Waals surface area contributed by atoms with Gasteiger partial charge >= 0.3 is 17.2 Å². The molecule has 0 spiro atoms. The van der Waals surface area contributed by atoms with Crippen molar-refractivity contribution >= 4 is 34.9 Å². The second-order valence-corrected chi connectivity index (χ2v) is 6.31. The third-order valence-electron chi connectivity index (χ3n) is 2.23. The monoisotopic (exact) mass is 321 g/mol. The molecule has 0 aliphatic carbocycles. The molecule has 1 amide bonds. The van der Waals surface area contributed by atoms with Crippen molar-refractivity contribution in [2.75, 3.05) is 0 Å². The van der Waals surface area contributed by atoms with Gasteiger partial charge in [-0.25, -0.2) is 9.59 Å². The largest absolute Gasteiger partial charge is 0.480 e. The quantitative estimate of drug-likeness (QED) is 0.552. The molecule has 0 aliphatic heterocycles. The van der Waals surface area contributed by atoms with Crippen molar-refractivity contribution in [3.8, 4) is 0 Å².